The summed E-state index contributed by atoms with van der Waals surface area (Å²) in [5, 5.41) is 0.190. The van der Waals surface area contributed by atoms with Gasteiger partial charge >= 0.3 is 0 Å². The van der Waals surface area contributed by atoms with Crippen molar-refractivity contribution in [2.75, 3.05) is 18.0 Å². The van der Waals surface area contributed by atoms with Crippen LogP contribution in [0.5, 0.6) is 0 Å². The van der Waals surface area contributed by atoms with Crippen LogP contribution in [0, 0.1) is 11.7 Å². The van der Waals surface area contributed by atoms with E-state index in [-0.39, 0.29) is 11.2 Å². The molecule has 1 aliphatic rings. The topological polar surface area (TPSA) is 16.1 Å². The molecule has 1 saturated heterocycles. The van der Waals surface area contributed by atoms with Crippen LogP contribution in [0.1, 0.15) is 13.3 Å². The van der Waals surface area contributed by atoms with E-state index in [4.69, 9.17) is 11.6 Å². The van der Waals surface area contributed by atoms with Gasteiger partial charge in [0.2, 0.25) is 0 Å². The second-order valence-electron chi connectivity index (χ2n) is 4.19. The Bertz CT molecular complexity index is 388. The Kier molecular flexibility index (Phi) is 3.70. The molecule has 2 nitrogen and oxygen atoms in total. The molecule has 1 aromatic rings. The zero-order valence-electron chi connectivity index (χ0n) is 8.96. The molecule has 2 unspecified atom stereocenters. The van der Waals surface area contributed by atoms with Gasteiger partial charge in [-0.05, 0) is 34.3 Å². The van der Waals surface area contributed by atoms with Crippen molar-refractivity contribution in [1.82, 2.24) is 4.98 Å². The van der Waals surface area contributed by atoms with Gasteiger partial charge in [-0.15, -0.1) is 11.6 Å². The highest BCUT2D eigenvalue weighted by Gasteiger charge is 2.26. The Hall–Kier alpha value is -0.350. The lowest BCUT2D eigenvalue weighted by Crippen LogP contribution is -2.40. The average molecular weight is 308 g/mol. The van der Waals surface area contributed by atoms with E-state index in [1.54, 1.807) is 6.20 Å². The third kappa shape index (κ3) is 2.48. The molecule has 0 aromatic carbocycles. The van der Waals surface area contributed by atoms with Crippen LogP contribution in [0.4, 0.5) is 10.2 Å². The van der Waals surface area contributed by atoms with E-state index >= 15 is 0 Å². The Morgan fingerprint density at radius 1 is 1.62 bits per heavy atom. The Balaban J connectivity index is 2.18. The predicted molar refractivity (Wildman–Crippen MR) is 67.5 cm³/mol. The number of halogens is 3. The first kappa shape index (κ1) is 12.1. The van der Waals surface area contributed by atoms with Crippen molar-refractivity contribution in [3.8, 4) is 0 Å². The lowest BCUT2D eigenvalue weighted by molar-refractivity contribution is 0.446. The van der Waals surface area contributed by atoms with E-state index in [0.717, 1.165) is 19.5 Å². The standard InChI is InChI=1S/C11H13BrClFN2/c1-7-6-16(3-2-9(7)13)11-10(14)4-8(12)5-15-11/h4-5,7,9H,2-3,6H2,1H3. The first-order valence-electron chi connectivity index (χ1n) is 5.28. The maximum atomic E-state index is 13.7. The minimum absolute atomic E-state index is 0.190. The average Bonchev–Trinajstić information content (AvgIpc) is 2.22. The minimum atomic E-state index is -0.283. The van der Waals surface area contributed by atoms with Crippen LogP contribution in [0.2, 0.25) is 0 Å². The summed E-state index contributed by atoms with van der Waals surface area (Å²) < 4.78 is 14.4. The van der Waals surface area contributed by atoms with Gasteiger partial charge in [-0.1, -0.05) is 6.92 Å². The third-order valence-corrected chi connectivity index (χ3v) is 3.97. The van der Waals surface area contributed by atoms with Crippen molar-refractivity contribution in [2.24, 2.45) is 5.92 Å². The van der Waals surface area contributed by atoms with Gasteiger partial charge in [0.25, 0.3) is 0 Å². The van der Waals surface area contributed by atoms with Gasteiger partial charge in [-0.3, -0.25) is 0 Å². The normalized spacial score (nSPS) is 25.9. The van der Waals surface area contributed by atoms with Crippen molar-refractivity contribution < 1.29 is 4.39 Å². The molecule has 0 N–H and O–H groups in total. The van der Waals surface area contributed by atoms with Gasteiger partial charge in [0, 0.05) is 29.1 Å². The van der Waals surface area contributed by atoms with Crippen LogP contribution < -0.4 is 4.90 Å². The molecule has 2 heterocycles. The summed E-state index contributed by atoms with van der Waals surface area (Å²) in [4.78, 5) is 6.09. The molecule has 0 bridgehead atoms. The highest BCUT2D eigenvalue weighted by atomic mass is 79.9. The quantitative estimate of drug-likeness (QED) is 0.739. The monoisotopic (exact) mass is 306 g/mol. The summed E-state index contributed by atoms with van der Waals surface area (Å²) in [6.45, 7) is 3.62. The van der Waals surface area contributed by atoms with Crippen LogP contribution in [0.3, 0.4) is 0 Å². The summed E-state index contributed by atoms with van der Waals surface area (Å²) in [7, 11) is 0. The highest BCUT2D eigenvalue weighted by Crippen LogP contribution is 2.27. The zero-order chi connectivity index (χ0) is 11.7. The first-order valence-corrected chi connectivity index (χ1v) is 6.51. The zero-order valence-corrected chi connectivity index (χ0v) is 11.3. The number of hydrogen-bond acceptors (Lipinski definition) is 2. The second-order valence-corrected chi connectivity index (χ2v) is 5.66. The van der Waals surface area contributed by atoms with Crippen molar-refractivity contribution >= 4 is 33.3 Å². The number of hydrogen-bond donors (Lipinski definition) is 0. The van der Waals surface area contributed by atoms with Gasteiger partial charge in [0.05, 0.1) is 0 Å². The molecule has 1 aromatic heterocycles. The number of aromatic nitrogens is 1. The SMILES string of the molecule is CC1CN(c2ncc(Br)cc2F)CCC1Cl. The number of pyridine rings is 1. The smallest absolute Gasteiger partial charge is 0.166 e. The molecular weight excluding hydrogens is 294 g/mol. The van der Waals surface area contributed by atoms with E-state index in [9.17, 15) is 4.39 Å². The molecule has 88 valence electrons. The summed E-state index contributed by atoms with van der Waals surface area (Å²) in [5.74, 6) is 0.508. The van der Waals surface area contributed by atoms with E-state index in [1.165, 1.54) is 6.07 Å². The molecule has 0 radical (unpaired) electrons. The van der Waals surface area contributed by atoms with E-state index in [1.807, 2.05) is 4.90 Å². The number of anilines is 1. The van der Waals surface area contributed by atoms with Gasteiger partial charge in [-0.25, -0.2) is 9.37 Å². The molecule has 1 fully saturated rings. The van der Waals surface area contributed by atoms with E-state index in [0.29, 0.717) is 16.2 Å². The maximum absolute atomic E-state index is 13.7. The summed E-state index contributed by atoms with van der Waals surface area (Å²) >= 11 is 9.34. The number of rotatable bonds is 1. The maximum Gasteiger partial charge on any atom is 0.166 e. The molecule has 0 saturated carbocycles. The largest absolute Gasteiger partial charge is 0.354 e. The van der Waals surface area contributed by atoms with Crippen LogP contribution in [-0.4, -0.2) is 23.5 Å². The van der Waals surface area contributed by atoms with Crippen LogP contribution in [0.25, 0.3) is 0 Å². The molecule has 2 atom stereocenters. The molecule has 5 heteroatoms. The van der Waals surface area contributed by atoms with Gasteiger partial charge in [0.1, 0.15) is 0 Å². The molecule has 0 amide bonds. The van der Waals surface area contributed by atoms with Crippen LogP contribution in [-0.2, 0) is 0 Å². The van der Waals surface area contributed by atoms with Gasteiger partial charge in [-0.2, -0.15) is 0 Å². The predicted octanol–water partition coefficient (Wildman–Crippen LogP) is 3.44. The van der Waals surface area contributed by atoms with Crippen molar-refractivity contribution in [3.05, 3.63) is 22.6 Å². The minimum Gasteiger partial charge on any atom is -0.354 e. The number of piperidine rings is 1. The van der Waals surface area contributed by atoms with Crippen LogP contribution >= 0.6 is 27.5 Å². The molecular formula is C11H13BrClFN2. The highest BCUT2D eigenvalue weighted by molar-refractivity contribution is 9.10. The summed E-state index contributed by atoms with van der Waals surface area (Å²) in [5.41, 5.74) is 0. The van der Waals surface area contributed by atoms with E-state index < -0.39 is 0 Å². The van der Waals surface area contributed by atoms with Gasteiger partial charge < -0.3 is 4.90 Å². The van der Waals surface area contributed by atoms with Crippen LogP contribution in [0.15, 0.2) is 16.7 Å². The lowest BCUT2D eigenvalue weighted by Gasteiger charge is -2.34. The molecule has 0 aliphatic carbocycles. The number of alkyl halides is 1. The van der Waals surface area contributed by atoms with E-state index in [2.05, 4.69) is 27.8 Å². The Morgan fingerprint density at radius 3 is 3.00 bits per heavy atom. The molecule has 0 spiro atoms. The summed E-state index contributed by atoms with van der Waals surface area (Å²) in [6, 6.07) is 1.44. The first-order chi connectivity index (χ1) is 7.58. The Labute approximate surface area is 108 Å². The fourth-order valence-corrected chi connectivity index (χ4v) is 2.43. The fourth-order valence-electron chi connectivity index (χ4n) is 1.95. The lowest BCUT2D eigenvalue weighted by atomic mass is 9.99. The molecule has 1 aliphatic heterocycles. The Morgan fingerprint density at radius 2 is 2.38 bits per heavy atom. The van der Waals surface area contributed by atoms with Crippen molar-refractivity contribution in [1.29, 1.82) is 0 Å². The molecule has 16 heavy (non-hydrogen) atoms. The number of nitrogens with zero attached hydrogens (tertiary/aromatic N) is 2. The fraction of sp³-hybridized carbons (Fsp3) is 0.545. The second kappa shape index (κ2) is 4.88. The van der Waals surface area contributed by atoms with Gasteiger partial charge in [0.15, 0.2) is 11.6 Å². The van der Waals surface area contributed by atoms with Crippen molar-refractivity contribution in [3.63, 3.8) is 0 Å². The summed E-state index contributed by atoms with van der Waals surface area (Å²) in [6.07, 6.45) is 2.50. The molecule has 2 rings (SSSR count). The third-order valence-electron chi connectivity index (χ3n) is 2.89. The van der Waals surface area contributed by atoms with Crippen molar-refractivity contribution in [2.45, 2.75) is 18.7 Å².